The number of amides is 2. The molecular weight excluding hydrogens is 278 g/mol. The molecule has 0 saturated heterocycles. The molecule has 0 fully saturated rings. The van der Waals surface area contributed by atoms with Crippen LogP contribution in [0.2, 0.25) is 5.02 Å². The number of rotatable bonds is 4. The number of anilines is 1. The summed E-state index contributed by atoms with van der Waals surface area (Å²) in [4.78, 5) is 25.5. The minimum Gasteiger partial charge on any atom is -0.352 e. The zero-order chi connectivity index (χ0) is 14.9. The molecule has 1 aliphatic heterocycles. The van der Waals surface area contributed by atoms with Gasteiger partial charge in [0.15, 0.2) is 0 Å². The molecule has 5 nitrogen and oxygen atoms in total. The van der Waals surface area contributed by atoms with Gasteiger partial charge in [-0.3, -0.25) is 9.59 Å². The van der Waals surface area contributed by atoms with E-state index in [1.54, 1.807) is 18.2 Å². The van der Waals surface area contributed by atoms with E-state index >= 15 is 0 Å². The van der Waals surface area contributed by atoms with Gasteiger partial charge in [0.1, 0.15) is 12.6 Å². The van der Waals surface area contributed by atoms with Gasteiger partial charge in [-0.05, 0) is 31.5 Å². The molecule has 0 aliphatic carbocycles. The Balaban J connectivity index is 2.18. The third-order valence-corrected chi connectivity index (χ3v) is 3.70. The molecule has 1 heterocycles. The van der Waals surface area contributed by atoms with E-state index in [1.165, 1.54) is 4.90 Å². The summed E-state index contributed by atoms with van der Waals surface area (Å²) in [6, 6.07) is 4.41. The van der Waals surface area contributed by atoms with Gasteiger partial charge >= 0.3 is 0 Å². The molecule has 20 heavy (non-hydrogen) atoms. The Morgan fingerprint density at radius 3 is 2.90 bits per heavy atom. The van der Waals surface area contributed by atoms with E-state index in [0.717, 1.165) is 6.42 Å². The van der Waals surface area contributed by atoms with Crippen molar-refractivity contribution in [1.29, 1.82) is 0 Å². The lowest BCUT2D eigenvalue weighted by Gasteiger charge is -2.19. The SMILES string of the molecule is CCC(C)NC(=O)CN1C(=O)C(N)c2cc(Cl)ccc21. The first-order chi connectivity index (χ1) is 9.43. The number of carbonyl (C=O) groups excluding carboxylic acids is 2. The fourth-order valence-corrected chi connectivity index (χ4v) is 2.35. The second-order valence-electron chi connectivity index (χ2n) is 4.98. The summed E-state index contributed by atoms with van der Waals surface area (Å²) >= 11 is 5.91. The summed E-state index contributed by atoms with van der Waals surface area (Å²) in [5, 5.41) is 3.36. The third-order valence-electron chi connectivity index (χ3n) is 3.47. The molecule has 1 aromatic carbocycles. The number of fused-ring (bicyclic) bond motifs is 1. The Morgan fingerprint density at radius 2 is 2.25 bits per heavy atom. The Bertz CT molecular complexity index is 547. The standard InChI is InChI=1S/C14H18ClN3O2/c1-3-8(2)17-12(19)7-18-11-5-4-9(15)6-10(11)13(16)14(18)20/h4-6,8,13H,3,7,16H2,1-2H3,(H,17,19). The Labute approximate surface area is 123 Å². The number of nitrogens with one attached hydrogen (secondary N) is 1. The van der Waals surface area contributed by atoms with Crippen molar-refractivity contribution in [3.63, 3.8) is 0 Å². The van der Waals surface area contributed by atoms with Crippen molar-refractivity contribution in [3.8, 4) is 0 Å². The van der Waals surface area contributed by atoms with Gasteiger partial charge in [-0.2, -0.15) is 0 Å². The van der Waals surface area contributed by atoms with Crippen LogP contribution in [-0.2, 0) is 9.59 Å². The van der Waals surface area contributed by atoms with Crippen molar-refractivity contribution in [2.24, 2.45) is 5.73 Å². The molecule has 0 radical (unpaired) electrons. The summed E-state index contributed by atoms with van der Waals surface area (Å²) in [5.74, 6) is -0.468. The highest BCUT2D eigenvalue weighted by Crippen LogP contribution is 2.35. The molecule has 1 aromatic rings. The van der Waals surface area contributed by atoms with E-state index in [-0.39, 0.29) is 24.4 Å². The molecular formula is C14H18ClN3O2. The minimum atomic E-state index is -0.750. The van der Waals surface area contributed by atoms with Crippen LogP contribution in [0.15, 0.2) is 18.2 Å². The van der Waals surface area contributed by atoms with E-state index in [2.05, 4.69) is 5.32 Å². The van der Waals surface area contributed by atoms with Crippen molar-refractivity contribution in [2.75, 3.05) is 11.4 Å². The van der Waals surface area contributed by atoms with E-state index in [1.807, 2.05) is 13.8 Å². The summed E-state index contributed by atoms with van der Waals surface area (Å²) in [7, 11) is 0. The van der Waals surface area contributed by atoms with Gasteiger partial charge < -0.3 is 16.0 Å². The highest BCUT2D eigenvalue weighted by molar-refractivity contribution is 6.31. The smallest absolute Gasteiger partial charge is 0.249 e. The van der Waals surface area contributed by atoms with Crippen molar-refractivity contribution in [2.45, 2.75) is 32.4 Å². The lowest BCUT2D eigenvalue weighted by atomic mass is 10.1. The number of hydrogen-bond donors (Lipinski definition) is 2. The predicted octanol–water partition coefficient (Wildman–Crippen LogP) is 1.60. The van der Waals surface area contributed by atoms with Crippen LogP contribution in [0.25, 0.3) is 0 Å². The second kappa shape index (κ2) is 5.81. The maximum atomic E-state index is 12.1. The van der Waals surface area contributed by atoms with Gasteiger partial charge in [-0.15, -0.1) is 0 Å². The van der Waals surface area contributed by atoms with E-state index in [4.69, 9.17) is 17.3 Å². The Morgan fingerprint density at radius 1 is 1.55 bits per heavy atom. The van der Waals surface area contributed by atoms with Crippen molar-refractivity contribution < 1.29 is 9.59 Å². The maximum Gasteiger partial charge on any atom is 0.249 e. The third kappa shape index (κ3) is 2.78. The van der Waals surface area contributed by atoms with Crippen LogP contribution in [0.3, 0.4) is 0 Å². The number of hydrogen-bond acceptors (Lipinski definition) is 3. The highest BCUT2D eigenvalue weighted by atomic mass is 35.5. The molecule has 0 aromatic heterocycles. The van der Waals surface area contributed by atoms with Gasteiger partial charge in [0.05, 0.1) is 0 Å². The largest absolute Gasteiger partial charge is 0.352 e. The second-order valence-corrected chi connectivity index (χ2v) is 5.42. The molecule has 2 amide bonds. The zero-order valence-corrected chi connectivity index (χ0v) is 12.3. The van der Waals surface area contributed by atoms with Crippen molar-refractivity contribution in [1.82, 2.24) is 5.32 Å². The molecule has 108 valence electrons. The van der Waals surface area contributed by atoms with Crippen LogP contribution >= 0.6 is 11.6 Å². The topological polar surface area (TPSA) is 75.4 Å². The van der Waals surface area contributed by atoms with Crippen molar-refractivity contribution >= 4 is 29.1 Å². The normalized spacial score (nSPS) is 18.9. The Hall–Kier alpha value is -1.59. The van der Waals surface area contributed by atoms with Crippen LogP contribution in [0.4, 0.5) is 5.69 Å². The number of benzene rings is 1. The molecule has 0 saturated carbocycles. The Kier molecular flexibility index (Phi) is 4.30. The monoisotopic (exact) mass is 295 g/mol. The molecule has 3 N–H and O–H groups in total. The lowest BCUT2D eigenvalue weighted by Crippen LogP contribution is -2.43. The fourth-order valence-electron chi connectivity index (χ4n) is 2.17. The van der Waals surface area contributed by atoms with Gasteiger partial charge in [0.2, 0.25) is 11.8 Å². The molecule has 0 spiro atoms. The van der Waals surface area contributed by atoms with Gasteiger partial charge in [-0.1, -0.05) is 18.5 Å². The van der Waals surface area contributed by atoms with Gasteiger partial charge in [0.25, 0.3) is 0 Å². The van der Waals surface area contributed by atoms with Crippen molar-refractivity contribution in [3.05, 3.63) is 28.8 Å². The first-order valence-corrected chi connectivity index (χ1v) is 6.97. The average Bonchev–Trinajstić information content (AvgIpc) is 2.63. The number of nitrogens with zero attached hydrogens (tertiary/aromatic N) is 1. The zero-order valence-electron chi connectivity index (χ0n) is 11.5. The number of nitrogens with two attached hydrogens (primary N) is 1. The van der Waals surface area contributed by atoms with Crippen LogP contribution in [-0.4, -0.2) is 24.4 Å². The van der Waals surface area contributed by atoms with E-state index in [9.17, 15) is 9.59 Å². The van der Waals surface area contributed by atoms with E-state index in [0.29, 0.717) is 16.3 Å². The molecule has 0 bridgehead atoms. The summed E-state index contributed by atoms with van der Waals surface area (Å²) in [6.07, 6.45) is 0.839. The first kappa shape index (κ1) is 14.8. The quantitative estimate of drug-likeness (QED) is 0.886. The molecule has 1 aliphatic rings. The van der Waals surface area contributed by atoms with Crippen LogP contribution in [0, 0.1) is 0 Å². The number of carbonyl (C=O) groups is 2. The van der Waals surface area contributed by atoms with Crippen LogP contribution in [0.5, 0.6) is 0 Å². The summed E-state index contributed by atoms with van der Waals surface area (Å²) < 4.78 is 0. The van der Waals surface area contributed by atoms with Gasteiger partial charge in [0, 0.05) is 22.3 Å². The predicted molar refractivity (Wildman–Crippen MR) is 78.6 cm³/mol. The first-order valence-electron chi connectivity index (χ1n) is 6.59. The minimum absolute atomic E-state index is 0.0223. The summed E-state index contributed by atoms with van der Waals surface area (Å²) in [5.41, 5.74) is 7.19. The molecule has 2 unspecified atom stereocenters. The molecule has 6 heteroatoms. The molecule has 2 rings (SSSR count). The fraction of sp³-hybridized carbons (Fsp3) is 0.429. The van der Waals surface area contributed by atoms with E-state index < -0.39 is 6.04 Å². The van der Waals surface area contributed by atoms with Crippen LogP contribution in [0.1, 0.15) is 31.9 Å². The number of halogens is 1. The molecule has 2 atom stereocenters. The van der Waals surface area contributed by atoms with Gasteiger partial charge in [-0.25, -0.2) is 0 Å². The lowest BCUT2D eigenvalue weighted by molar-refractivity contribution is -0.124. The average molecular weight is 296 g/mol. The van der Waals surface area contributed by atoms with Crippen LogP contribution < -0.4 is 16.0 Å². The maximum absolute atomic E-state index is 12.1. The summed E-state index contributed by atoms with van der Waals surface area (Å²) in [6.45, 7) is 3.88. The highest BCUT2D eigenvalue weighted by Gasteiger charge is 2.35.